The summed E-state index contributed by atoms with van der Waals surface area (Å²) < 4.78 is 4.54. The van der Waals surface area contributed by atoms with E-state index < -0.39 is 0 Å². The lowest BCUT2D eigenvalue weighted by Crippen LogP contribution is -3.00. The van der Waals surface area contributed by atoms with Crippen molar-refractivity contribution in [2.45, 2.75) is 38.5 Å². The summed E-state index contributed by atoms with van der Waals surface area (Å²) in [6.07, 6.45) is 15.0. The Hall–Kier alpha value is -1.44. The molecule has 0 aromatic heterocycles. The van der Waals surface area contributed by atoms with Crippen LogP contribution in [-0.2, 0) is 10.8 Å². The lowest BCUT2D eigenvalue weighted by Gasteiger charge is -2.23. The highest BCUT2D eigenvalue weighted by atomic mass is 127. The number of anilines is 1. The van der Waals surface area contributed by atoms with Crippen LogP contribution in [0.5, 0.6) is 0 Å². The number of benzene rings is 2. The molecule has 4 rings (SSSR count). The molecule has 0 unspecified atom stereocenters. The van der Waals surface area contributed by atoms with Gasteiger partial charge in [-0.2, -0.15) is 4.58 Å². The van der Waals surface area contributed by atoms with Crippen molar-refractivity contribution in [3.05, 3.63) is 105 Å². The molecule has 0 radical (unpaired) electrons. The standard InChI is InChI=1S/C29H31Br2N2.HI/c1-28(2)22-18-20(30)14-16-24(22)32(5)26(28)12-10-8-7-9-11-13-27-29(3,4)23-19-21(31)15-17-25(23)33(27)6;/h7-19H,1-6H3;1H/q+1;/p-1. The summed E-state index contributed by atoms with van der Waals surface area (Å²) in [6.45, 7) is 9.14. The third-order valence-electron chi connectivity index (χ3n) is 6.94. The molecule has 0 N–H and O–H groups in total. The van der Waals surface area contributed by atoms with Crippen LogP contribution in [0.4, 0.5) is 11.4 Å². The highest BCUT2D eigenvalue weighted by molar-refractivity contribution is 9.10. The summed E-state index contributed by atoms with van der Waals surface area (Å²) in [7, 11) is 4.29. The molecule has 0 aliphatic carbocycles. The van der Waals surface area contributed by atoms with E-state index in [-0.39, 0.29) is 34.8 Å². The molecule has 0 saturated heterocycles. The van der Waals surface area contributed by atoms with E-state index in [0.717, 1.165) is 8.95 Å². The van der Waals surface area contributed by atoms with Crippen molar-refractivity contribution in [3.63, 3.8) is 0 Å². The number of fused-ring (bicyclic) bond motifs is 2. The molecule has 2 aromatic rings. The van der Waals surface area contributed by atoms with Gasteiger partial charge in [0.1, 0.15) is 7.05 Å². The number of halogens is 3. The fourth-order valence-corrected chi connectivity index (χ4v) is 5.82. The highest BCUT2D eigenvalue weighted by Gasteiger charge is 2.42. The summed E-state index contributed by atoms with van der Waals surface area (Å²) >= 11 is 7.23. The van der Waals surface area contributed by atoms with Gasteiger partial charge in [-0.05, 0) is 55.8 Å². The van der Waals surface area contributed by atoms with Crippen LogP contribution in [0.3, 0.4) is 0 Å². The van der Waals surface area contributed by atoms with Gasteiger partial charge in [0.05, 0.1) is 5.41 Å². The first-order chi connectivity index (χ1) is 15.5. The van der Waals surface area contributed by atoms with Crippen molar-refractivity contribution < 1.29 is 28.6 Å². The van der Waals surface area contributed by atoms with E-state index in [0.29, 0.717) is 0 Å². The van der Waals surface area contributed by atoms with Crippen LogP contribution in [0.15, 0.2) is 93.6 Å². The average Bonchev–Trinajstić information content (AvgIpc) is 3.06. The number of likely N-dealkylation sites (N-methyl/N-ethyl adjacent to an activating group) is 1. The largest absolute Gasteiger partial charge is 1.00 e. The highest BCUT2D eigenvalue weighted by Crippen LogP contribution is 2.47. The monoisotopic (exact) mass is 692 g/mol. The van der Waals surface area contributed by atoms with E-state index in [1.165, 1.54) is 33.9 Å². The van der Waals surface area contributed by atoms with Crippen LogP contribution >= 0.6 is 31.9 Å². The molecule has 0 fully saturated rings. The van der Waals surface area contributed by atoms with Crippen LogP contribution in [0.1, 0.15) is 38.8 Å². The van der Waals surface area contributed by atoms with Crippen molar-refractivity contribution in [1.29, 1.82) is 0 Å². The molecule has 2 heterocycles. The van der Waals surface area contributed by atoms with Gasteiger partial charge in [-0.1, -0.05) is 76.1 Å². The first kappa shape index (κ1) is 27.2. The second-order valence-corrected chi connectivity index (χ2v) is 11.6. The zero-order chi connectivity index (χ0) is 24.0. The van der Waals surface area contributed by atoms with Crippen LogP contribution in [-0.4, -0.2) is 24.4 Å². The number of allylic oxidation sites excluding steroid dienone is 8. The number of rotatable bonds is 4. The molecule has 2 aliphatic heterocycles. The first-order valence-electron chi connectivity index (χ1n) is 11.2. The average molecular weight is 694 g/mol. The molecule has 0 atom stereocenters. The Labute approximate surface area is 238 Å². The van der Waals surface area contributed by atoms with Crippen molar-refractivity contribution in [1.82, 2.24) is 0 Å². The number of hydrogen-bond donors (Lipinski definition) is 0. The maximum atomic E-state index is 3.62. The molecule has 2 aromatic carbocycles. The second-order valence-electron chi connectivity index (χ2n) is 9.76. The first-order valence-corrected chi connectivity index (χ1v) is 12.8. The SMILES string of the molecule is CN1C(=CC=CC=CC=CC2=[N+](C)c3ccc(Br)cc3C2(C)C)C(C)(C)c2cc(Br)ccc21.[I-]. The van der Waals surface area contributed by atoms with Crippen molar-refractivity contribution in [3.8, 4) is 0 Å². The molecule has 2 nitrogen and oxygen atoms in total. The predicted octanol–water partition coefficient (Wildman–Crippen LogP) is 5.20. The van der Waals surface area contributed by atoms with Crippen LogP contribution in [0.25, 0.3) is 0 Å². The van der Waals surface area contributed by atoms with Crippen molar-refractivity contribution >= 4 is 48.9 Å². The minimum atomic E-state index is -0.0267. The Morgan fingerprint density at radius 2 is 1.38 bits per heavy atom. The van der Waals surface area contributed by atoms with Crippen molar-refractivity contribution in [2.75, 3.05) is 19.0 Å². The molecule has 2 aliphatic rings. The summed E-state index contributed by atoms with van der Waals surface area (Å²) in [5.74, 6) is 0. The Morgan fingerprint density at radius 3 is 2.09 bits per heavy atom. The van der Waals surface area contributed by atoms with Gasteiger partial charge in [0.15, 0.2) is 5.71 Å². The van der Waals surface area contributed by atoms with Gasteiger partial charge < -0.3 is 28.9 Å². The molecule has 0 saturated carbocycles. The minimum Gasteiger partial charge on any atom is -1.00 e. The van der Waals surface area contributed by atoms with Crippen molar-refractivity contribution in [2.24, 2.45) is 0 Å². The van der Waals surface area contributed by atoms with Crippen LogP contribution < -0.4 is 28.9 Å². The van der Waals surface area contributed by atoms with Gasteiger partial charge in [-0.15, -0.1) is 0 Å². The van der Waals surface area contributed by atoms with Gasteiger partial charge in [-0.3, -0.25) is 0 Å². The summed E-state index contributed by atoms with van der Waals surface area (Å²) in [5.41, 5.74) is 7.79. The predicted molar refractivity (Wildman–Crippen MR) is 149 cm³/mol. The lowest BCUT2D eigenvalue weighted by molar-refractivity contribution is -0.401. The molecule has 5 heteroatoms. The Balaban J connectivity index is 0.00000324. The molecular weight excluding hydrogens is 663 g/mol. The minimum absolute atomic E-state index is 0. The van der Waals surface area contributed by atoms with Gasteiger partial charge in [0.2, 0.25) is 5.69 Å². The van der Waals surface area contributed by atoms with Gasteiger partial charge in [0.25, 0.3) is 0 Å². The maximum Gasteiger partial charge on any atom is 0.209 e. The van der Waals surface area contributed by atoms with Crippen LogP contribution in [0.2, 0.25) is 0 Å². The van der Waals surface area contributed by atoms with Gasteiger partial charge in [0, 0.05) is 50.5 Å². The second kappa shape index (κ2) is 10.3. The van der Waals surface area contributed by atoms with E-state index in [1.807, 2.05) is 0 Å². The van der Waals surface area contributed by atoms with E-state index in [4.69, 9.17) is 0 Å². The third kappa shape index (κ3) is 4.80. The number of hydrogen-bond acceptors (Lipinski definition) is 1. The summed E-state index contributed by atoms with van der Waals surface area (Å²) in [5, 5.41) is 0. The summed E-state index contributed by atoms with van der Waals surface area (Å²) in [6, 6.07) is 13.1. The third-order valence-corrected chi connectivity index (χ3v) is 7.93. The van der Waals surface area contributed by atoms with Crippen LogP contribution in [0, 0.1) is 0 Å². The van der Waals surface area contributed by atoms with Gasteiger partial charge in [-0.25, -0.2) is 0 Å². The zero-order valence-electron chi connectivity index (χ0n) is 20.5. The van der Waals surface area contributed by atoms with E-state index in [1.54, 1.807) is 0 Å². The lowest BCUT2D eigenvalue weighted by atomic mass is 9.81. The fraction of sp³-hybridized carbons (Fsp3) is 0.276. The Morgan fingerprint density at radius 1 is 0.794 bits per heavy atom. The molecule has 34 heavy (non-hydrogen) atoms. The molecule has 178 valence electrons. The molecule has 0 amide bonds. The zero-order valence-corrected chi connectivity index (χ0v) is 25.9. The smallest absolute Gasteiger partial charge is 0.209 e. The van der Waals surface area contributed by atoms with E-state index in [9.17, 15) is 0 Å². The van der Waals surface area contributed by atoms with E-state index in [2.05, 4.69) is 162 Å². The quantitative estimate of drug-likeness (QED) is 0.243. The Bertz CT molecular complexity index is 1260. The van der Waals surface area contributed by atoms with Gasteiger partial charge >= 0.3 is 0 Å². The Kier molecular flexibility index (Phi) is 8.21. The molecular formula is C29H31Br2IN2. The van der Waals surface area contributed by atoms with E-state index >= 15 is 0 Å². The molecule has 0 spiro atoms. The summed E-state index contributed by atoms with van der Waals surface area (Å²) in [4.78, 5) is 2.29. The topological polar surface area (TPSA) is 6.25 Å². The number of nitrogens with zero attached hydrogens (tertiary/aromatic N) is 2. The fourth-order valence-electron chi connectivity index (χ4n) is 5.10. The normalized spacial score (nSPS) is 19.5. The molecule has 0 bridgehead atoms. The maximum absolute atomic E-state index is 3.62.